The molecule has 2 aromatic heterocycles. The molecule has 8 rings (SSSR count). The summed E-state index contributed by atoms with van der Waals surface area (Å²) in [4.78, 5) is 86.7. The molecule has 5 amide bonds. The van der Waals surface area contributed by atoms with Crippen molar-refractivity contribution < 1.29 is 33.4 Å². The third-order valence-electron chi connectivity index (χ3n) is 11.6. The average Bonchev–Trinajstić information content (AvgIpc) is 4.12. The third kappa shape index (κ3) is 9.28. The first kappa shape index (κ1) is 42.7. The number of alkyl carbamates (subject to hydrolysis) is 2. The molecule has 4 aromatic carbocycles. The van der Waals surface area contributed by atoms with Crippen molar-refractivity contribution in [1.82, 2.24) is 45.3 Å². The van der Waals surface area contributed by atoms with Crippen LogP contribution in [0.2, 0.25) is 0 Å². The zero-order valence-electron chi connectivity index (χ0n) is 35.5. The van der Waals surface area contributed by atoms with Gasteiger partial charge in [0.2, 0.25) is 5.91 Å². The van der Waals surface area contributed by atoms with Gasteiger partial charge in [-0.3, -0.25) is 14.4 Å². The predicted octanol–water partition coefficient (Wildman–Crippen LogP) is 5.94. The van der Waals surface area contributed by atoms with Gasteiger partial charge in [-0.15, -0.1) is 0 Å². The van der Waals surface area contributed by atoms with E-state index >= 15 is 0 Å². The summed E-state index contributed by atoms with van der Waals surface area (Å²) in [6, 6.07) is 28.6. The zero-order chi connectivity index (χ0) is 44.7. The Morgan fingerprint density at radius 1 is 0.703 bits per heavy atom. The molecule has 0 aliphatic carbocycles. The number of imidazole rings is 2. The van der Waals surface area contributed by atoms with Crippen LogP contribution in [0.1, 0.15) is 77.8 Å². The Balaban J connectivity index is 0.970. The number of ether oxygens (including phenoxy) is 2. The maximum atomic E-state index is 14.2. The minimum Gasteiger partial charge on any atom is -0.453 e. The van der Waals surface area contributed by atoms with Gasteiger partial charge in [-0.25, -0.2) is 19.6 Å². The first-order valence-corrected chi connectivity index (χ1v) is 20.9. The zero-order valence-corrected chi connectivity index (χ0v) is 35.5. The number of nitrogens with zero attached hydrogens (tertiary/aromatic N) is 5. The Morgan fingerprint density at radius 2 is 1.30 bits per heavy atom. The Hall–Kier alpha value is -7.93. The van der Waals surface area contributed by atoms with Crippen molar-refractivity contribution in [2.75, 3.05) is 40.4 Å². The van der Waals surface area contributed by atoms with E-state index in [1.807, 2.05) is 66.7 Å². The van der Waals surface area contributed by atoms with Gasteiger partial charge in [0.1, 0.15) is 29.8 Å². The predicted molar refractivity (Wildman–Crippen MR) is 236 cm³/mol. The fourth-order valence-electron chi connectivity index (χ4n) is 8.23. The molecule has 0 saturated carbocycles. The monoisotopic (exact) mass is 861 g/mol. The lowest BCUT2D eigenvalue weighted by Gasteiger charge is -2.41. The molecule has 4 N–H and O–H groups in total. The van der Waals surface area contributed by atoms with E-state index < -0.39 is 30.3 Å². The van der Waals surface area contributed by atoms with E-state index in [0.717, 1.165) is 40.6 Å². The summed E-state index contributed by atoms with van der Waals surface area (Å²) in [5.41, 5.74) is 5.92. The van der Waals surface area contributed by atoms with E-state index in [1.54, 1.807) is 57.3 Å². The minimum atomic E-state index is -1.01. The molecule has 4 heterocycles. The van der Waals surface area contributed by atoms with E-state index in [2.05, 4.69) is 37.4 Å². The summed E-state index contributed by atoms with van der Waals surface area (Å²) in [6.45, 7) is 2.81. The average molecular weight is 862 g/mol. The van der Waals surface area contributed by atoms with E-state index in [-0.39, 0.29) is 36.9 Å². The number of H-pyrrole nitrogens is 2. The third-order valence-corrected chi connectivity index (χ3v) is 11.6. The highest BCUT2D eigenvalue weighted by Gasteiger charge is 2.39. The van der Waals surface area contributed by atoms with Crippen LogP contribution in [0, 0.1) is 11.8 Å². The molecular weight excluding hydrogens is 815 g/mol. The topological polar surface area (TPSA) is 195 Å². The van der Waals surface area contributed by atoms with Crippen LogP contribution in [0.3, 0.4) is 0 Å². The highest BCUT2D eigenvalue weighted by atomic mass is 16.5. The first-order valence-electron chi connectivity index (χ1n) is 20.9. The molecule has 4 atom stereocenters. The number of nitrogens with one attached hydrogen (secondary N) is 4. The Labute approximate surface area is 369 Å². The maximum absolute atomic E-state index is 14.2. The second-order valence-corrected chi connectivity index (χ2v) is 15.5. The van der Waals surface area contributed by atoms with Gasteiger partial charge in [-0.05, 0) is 59.9 Å². The van der Waals surface area contributed by atoms with Crippen molar-refractivity contribution in [2.24, 2.45) is 0 Å². The van der Waals surface area contributed by atoms with Crippen molar-refractivity contribution >= 4 is 40.9 Å². The molecule has 326 valence electrons. The van der Waals surface area contributed by atoms with Crippen molar-refractivity contribution in [1.29, 1.82) is 0 Å². The number of benzene rings is 4. The number of carbonyl (C=O) groups is 5. The van der Waals surface area contributed by atoms with Crippen LogP contribution in [-0.4, -0.2) is 105 Å². The SMILES string of the molecule is COC(=O)N[C@H](C(=O)N1CCN(C(C)=O)CC1c1ncc(-c2ccc(C#Cc3ccc4nc(C5CCCN5C(=O)[C@@H](NC(=O)OC)c5ccccc5)[nH]c4c3)cc2)[nH]1)c1ccccc1. The molecule has 2 saturated heterocycles. The Bertz CT molecular complexity index is 2730. The van der Waals surface area contributed by atoms with Crippen LogP contribution < -0.4 is 10.6 Å². The molecule has 0 spiro atoms. The van der Waals surface area contributed by atoms with Crippen molar-refractivity contribution in [2.45, 2.75) is 43.9 Å². The van der Waals surface area contributed by atoms with Gasteiger partial charge < -0.3 is 44.8 Å². The van der Waals surface area contributed by atoms with Gasteiger partial charge in [0.15, 0.2) is 0 Å². The second-order valence-electron chi connectivity index (χ2n) is 15.5. The maximum Gasteiger partial charge on any atom is 0.407 e. The highest BCUT2D eigenvalue weighted by Crippen LogP contribution is 2.35. The molecule has 0 bridgehead atoms. The molecule has 6 aromatic rings. The summed E-state index contributed by atoms with van der Waals surface area (Å²) in [5.74, 6) is 6.95. The number of fused-ring (bicyclic) bond motifs is 1. The summed E-state index contributed by atoms with van der Waals surface area (Å²) >= 11 is 0. The van der Waals surface area contributed by atoms with E-state index in [0.29, 0.717) is 41.6 Å². The quantitative estimate of drug-likeness (QED) is 0.127. The number of hydrogen-bond acceptors (Lipinski definition) is 9. The van der Waals surface area contributed by atoms with Gasteiger partial charge in [0, 0.05) is 44.2 Å². The van der Waals surface area contributed by atoms with E-state index in [4.69, 9.17) is 14.5 Å². The molecular formula is C48H47N9O7. The van der Waals surface area contributed by atoms with Gasteiger partial charge in [-0.2, -0.15) is 0 Å². The van der Waals surface area contributed by atoms with E-state index in [9.17, 15) is 24.0 Å². The van der Waals surface area contributed by atoms with Crippen LogP contribution in [0.15, 0.2) is 109 Å². The lowest BCUT2D eigenvalue weighted by Crippen LogP contribution is -2.54. The van der Waals surface area contributed by atoms with Gasteiger partial charge in [-0.1, -0.05) is 84.6 Å². The molecule has 2 aliphatic heterocycles. The summed E-state index contributed by atoms with van der Waals surface area (Å²) in [6.07, 6.45) is 1.78. The number of aromatic nitrogens is 4. The Kier molecular flexibility index (Phi) is 12.7. The molecule has 0 radical (unpaired) electrons. The van der Waals surface area contributed by atoms with Crippen molar-refractivity contribution in [3.63, 3.8) is 0 Å². The summed E-state index contributed by atoms with van der Waals surface area (Å²) < 4.78 is 9.67. The fraction of sp³-hybridized carbons (Fsp3) is 0.271. The van der Waals surface area contributed by atoms with Gasteiger partial charge in [0.25, 0.3) is 11.8 Å². The second kappa shape index (κ2) is 19.0. The normalized spacial score (nSPS) is 16.9. The number of amides is 5. The van der Waals surface area contributed by atoms with E-state index in [1.165, 1.54) is 21.1 Å². The molecule has 2 unspecified atom stereocenters. The number of piperazine rings is 1. The lowest BCUT2D eigenvalue weighted by atomic mass is 10.0. The summed E-state index contributed by atoms with van der Waals surface area (Å²) in [5, 5.41) is 5.38. The molecule has 16 heteroatoms. The Morgan fingerprint density at radius 3 is 1.91 bits per heavy atom. The van der Waals surface area contributed by atoms with Gasteiger partial charge >= 0.3 is 12.2 Å². The highest BCUT2D eigenvalue weighted by molar-refractivity contribution is 5.88. The van der Waals surface area contributed by atoms with Crippen LogP contribution in [0.25, 0.3) is 22.3 Å². The van der Waals surface area contributed by atoms with Crippen LogP contribution in [-0.2, 0) is 23.9 Å². The molecule has 16 nitrogen and oxygen atoms in total. The number of carbonyl (C=O) groups excluding carboxylic acids is 5. The van der Waals surface area contributed by atoms with Crippen LogP contribution in [0.5, 0.6) is 0 Å². The number of rotatable bonds is 9. The van der Waals surface area contributed by atoms with Crippen molar-refractivity contribution in [3.8, 4) is 23.1 Å². The fourth-order valence-corrected chi connectivity index (χ4v) is 8.23. The van der Waals surface area contributed by atoms with Crippen LogP contribution in [0.4, 0.5) is 9.59 Å². The number of hydrogen-bond donors (Lipinski definition) is 4. The largest absolute Gasteiger partial charge is 0.453 e. The lowest BCUT2D eigenvalue weighted by molar-refractivity contribution is -0.144. The number of aromatic amines is 2. The van der Waals surface area contributed by atoms with Gasteiger partial charge in [0.05, 0.1) is 43.2 Å². The molecule has 2 aliphatic rings. The first-order chi connectivity index (χ1) is 31.1. The number of methoxy groups -OCH3 is 2. The van der Waals surface area contributed by atoms with Crippen molar-refractivity contribution in [3.05, 3.63) is 143 Å². The summed E-state index contributed by atoms with van der Waals surface area (Å²) in [7, 11) is 2.51. The molecule has 64 heavy (non-hydrogen) atoms. The van der Waals surface area contributed by atoms with Crippen LogP contribution >= 0.6 is 0 Å². The molecule has 2 fully saturated rings. The number of likely N-dealkylation sites (tertiary alicyclic amines) is 1. The smallest absolute Gasteiger partial charge is 0.407 e. The minimum absolute atomic E-state index is 0.115. The standard InChI is InChI=1S/C48H47N9O7/c1-30(58)55-25-26-57(46(60)42(54-48(62)64-3)35-13-8-5-9-14-35)40(29-55)43-49-28-38(52-43)33-21-18-31(19-22-33)16-17-32-20-23-36-37(27-32)51-44(50-36)39-15-10-24-56(39)45(59)41(53-47(61)63-2)34-11-6-4-7-12-34/h4-9,11-14,18-23,27-28,39-42H,10,15,24-26,29H2,1-3H3,(H,49,52)(H,50,51)(H,53,61)(H,54,62)/t39?,40?,41-,42-/m0/s1.